The average molecular weight is 279 g/mol. The lowest BCUT2D eigenvalue weighted by atomic mass is 10.1. The molecule has 19 heavy (non-hydrogen) atoms. The predicted molar refractivity (Wildman–Crippen MR) is 72.4 cm³/mol. The lowest BCUT2D eigenvalue weighted by molar-refractivity contribution is 0.452. The smallest absolute Gasteiger partial charge is 0.198 e. The molecule has 0 bridgehead atoms. The minimum atomic E-state index is -3.53. The summed E-state index contributed by atoms with van der Waals surface area (Å²) in [4.78, 5) is 0. The Morgan fingerprint density at radius 2 is 2.21 bits per heavy atom. The quantitative estimate of drug-likeness (QED) is 0.884. The third-order valence-electron chi connectivity index (χ3n) is 3.37. The van der Waals surface area contributed by atoms with Gasteiger partial charge in [-0.25, -0.2) is 0 Å². The van der Waals surface area contributed by atoms with Crippen LogP contribution in [0.25, 0.3) is 0 Å². The van der Waals surface area contributed by atoms with E-state index in [1.165, 1.54) is 16.9 Å². The Bertz CT molecular complexity index is 592. The molecule has 1 aromatic carbocycles. The van der Waals surface area contributed by atoms with E-state index in [0.717, 1.165) is 18.4 Å². The molecular weight excluding hydrogens is 262 g/mol. The van der Waals surface area contributed by atoms with Crippen molar-refractivity contribution in [3.8, 4) is 6.07 Å². The molecule has 1 aromatic rings. The number of nitrogens with zero attached hydrogens (tertiary/aromatic N) is 2. The third kappa shape index (κ3) is 3.13. The van der Waals surface area contributed by atoms with Crippen molar-refractivity contribution < 1.29 is 8.42 Å². The van der Waals surface area contributed by atoms with Gasteiger partial charge in [-0.3, -0.25) is 0 Å². The monoisotopic (exact) mass is 279 g/mol. The number of nitriles is 1. The minimum absolute atomic E-state index is 0.161. The van der Waals surface area contributed by atoms with E-state index >= 15 is 0 Å². The van der Waals surface area contributed by atoms with Crippen molar-refractivity contribution in [2.45, 2.75) is 25.3 Å². The van der Waals surface area contributed by atoms with E-state index in [-0.39, 0.29) is 19.0 Å². The molecule has 6 heteroatoms. The molecule has 0 heterocycles. The molecule has 2 rings (SSSR count). The number of hydrogen-bond donors (Lipinski definition) is 1. The Morgan fingerprint density at radius 3 is 2.95 bits per heavy atom. The van der Waals surface area contributed by atoms with Gasteiger partial charge in [-0.1, -0.05) is 24.3 Å². The second kappa shape index (κ2) is 5.70. The van der Waals surface area contributed by atoms with Crippen molar-refractivity contribution in [2.75, 3.05) is 13.6 Å². The van der Waals surface area contributed by atoms with Gasteiger partial charge in [0.25, 0.3) is 10.2 Å². The maximum absolute atomic E-state index is 12.1. The van der Waals surface area contributed by atoms with Crippen LogP contribution in [0.2, 0.25) is 0 Å². The Hall–Kier alpha value is -1.42. The first-order valence-electron chi connectivity index (χ1n) is 6.23. The Labute approximate surface area is 114 Å². The molecule has 0 radical (unpaired) electrons. The maximum atomic E-state index is 12.1. The molecular formula is C13H17N3O2S. The number of aryl methyl sites for hydroxylation is 1. The molecule has 1 N–H and O–H groups in total. The Balaban J connectivity index is 2.08. The van der Waals surface area contributed by atoms with Gasteiger partial charge in [0.05, 0.1) is 6.07 Å². The summed E-state index contributed by atoms with van der Waals surface area (Å²) < 4.78 is 28.1. The summed E-state index contributed by atoms with van der Waals surface area (Å²) >= 11 is 0. The summed E-state index contributed by atoms with van der Waals surface area (Å²) in [6.45, 7) is 0.209. The summed E-state index contributed by atoms with van der Waals surface area (Å²) in [5.41, 5.74) is 2.26. The molecule has 0 aromatic heterocycles. The largest absolute Gasteiger partial charge is 0.279 e. The highest BCUT2D eigenvalue weighted by Gasteiger charge is 2.28. The number of rotatable bonds is 5. The van der Waals surface area contributed by atoms with Crippen LogP contribution in [0.5, 0.6) is 0 Å². The lowest BCUT2D eigenvalue weighted by Gasteiger charge is -2.20. The molecule has 0 fully saturated rings. The molecule has 1 aliphatic carbocycles. The van der Waals surface area contributed by atoms with Crippen molar-refractivity contribution >= 4 is 10.2 Å². The topological polar surface area (TPSA) is 73.2 Å². The van der Waals surface area contributed by atoms with Crippen molar-refractivity contribution in [3.05, 3.63) is 35.4 Å². The molecule has 0 amide bonds. The predicted octanol–water partition coefficient (Wildman–Crippen LogP) is 1.35. The molecule has 102 valence electrons. The fourth-order valence-electron chi connectivity index (χ4n) is 2.28. The van der Waals surface area contributed by atoms with E-state index in [9.17, 15) is 8.42 Å². The van der Waals surface area contributed by atoms with Crippen LogP contribution >= 0.6 is 0 Å². The molecule has 1 atom stereocenters. The maximum Gasteiger partial charge on any atom is 0.279 e. The normalized spacial score (nSPS) is 18.3. The second-order valence-corrected chi connectivity index (χ2v) is 6.45. The zero-order chi connectivity index (χ0) is 13.9. The first kappa shape index (κ1) is 14.0. The lowest BCUT2D eigenvalue weighted by Crippen LogP contribution is -2.40. The summed E-state index contributed by atoms with van der Waals surface area (Å²) in [5, 5.41) is 8.50. The van der Waals surface area contributed by atoms with Crippen LogP contribution in [0.15, 0.2) is 24.3 Å². The Morgan fingerprint density at radius 1 is 1.47 bits per heavy atom. The van der Waals surface area contributed by atoms with Gasteiger partial charge < -0.3 is 0 Å². The molecule has 1 aliphatic rings. The zero-order valence-electron chi connectivity index (χ0n) is 10.8. The standard InChI is InChI=1S/C13H17N3O2S/c1-16(10-4-9-14)19(17,18)15-13-8-7-11-5-2-3-6-12(11)13/h2-3,5-6,13,15H,4,7-8,10H2,1H3. The van der Waals surface area contributed by atoms with Crippen molar-refractivity contribution in [3.63, 3.8) is 0 Å². The van der Waals surface area contributed by atoms with Crippen LogP contribution in [0, 0.1) is 11.3 Å². The van der Waals surface area contributed by atoms with Gasteiger partial charge in [0.1, 0.15) is 0 Å². The summed E-state index contributed by atoms with van der Waals surface area (Å²) in [5.74, 6) is 0. The van der Waals surface area contributed by atoms with Crippen LogP contribution in [0.3, 0.4) is 0 Å². The van der Waals surface area contributed by atoms with Gasteiger partial charge in [0.2, 0.25) is 0 Å². The molecule has 0 aliphatic heterocycles. The number of nitrogens with one attached hydrogen (secondary N) is 1. The Kier molecular flexibility index (Phi) is 4.20. The molecule has 0 spiro atoms. The van der Waals surface area contributed by atoms with Gasteiger partial charge in [-0.2, -0.15) is 22.7 Å². The van der Waals surface area contributed by atoms with E-state index in [2.05, 4.69) is 4.72 Å². The zero-order valence-corrected chi connectivity index (χ0v) is 11.7. The van der Waals surface area contributed by atoms with E-state index in [1.54, 1.807) is 0 Å². The number of fused-ring (bicyclic) bond motifs is 1. The first-order valence-corrected chi connectivity index (χ1v) is 7.67. The second-order valence-electron chi connectivity index (χ2n) is 4.64. The van der Waals surface area contributed by atoms with Crippen LogP contribution in [-0.4, -0.2) is 26.3 Å². The van der Waals surface area contributed by atoms with Gasteiger partial charge in [-0.15, -0.1) is 0 Å². The number of benzene rings is 1. The highest BCUT2D eigenvalue weighted by atomic mass is 32.2. The van der Waals surface area contributed by atoms with Gasteiger partial charge in [0, 0.05) is 26.1 Å². The molecule has 5 nitrogen and oxygen atoms in total. The molecule has 0 saturated heterocycles. The van der Waals surface area contributed by atoms with E-state index in [4.69, 9.17) is 5.26 Å². The van der Waals surface area contributed by atoms with Gasteiger partial charge in [-0.05, 0) is 24.0 Å². The fourth-order valence-corrected chi connectivity index (χ4v) is 3.39. The summed E-state index contributed by atoms with van der Waals surface area (Å²) in [6, 6.07) is 9.67. The fraction of sp³-hybridized carbons (Fsp3) is 0.462. The van der Waals surface area contributed by atoms with Crippen LogP contribution in [0.1, 0.15) is 30.0 Å². The molecule has 1 unspecified atom stereocenters. The van der Waals surface area contributed by atoms with Crippen LogP contribution in [0.4, 0.5) is 0 Å². The van der Waals surface area contributed by atoms with Gasteiger partial charge >= 0.3 is 0 Å². The van der Waals surface area contributed by atoms with Gasteiger partial charge in [0.15, 0.2) is 0 Å². The highest BCUT2D eigenvalue weighted by molar-refractivity contribution is 7.87. The summed E-state index contributed by atoms with van der Waals surface area (Å²) in [6.07, 6.45) is 1.87. The van der Waals surface area contributed by atoms with E-state index < -0.39 is 10.2 Å². The molecule has 0 saturated carbocycles. The highest BCUT2D eigenvalue weighted by Crippen LogP contribution is 2.31. The average Bonchev–Trinajstić information content (AvgIpc) is 2.79. The minimum Gasteiger partial charge on any atom is -0.198 e. The summed E-state index contributed by atoms with van der Waals surface area (Å²) in [7, 11) is -2.04. The first-order chi connectivity index (χ1) is 9.04. The van der Waals surface area contributed by atoms with Crippen molar-refractivity contribution in [2.24, 2.45) is 0 Å². The van der Waals surface area contributed by atoms with Crippen molar-refractivity contribution in [1.29, 1.82) is 5.26 Å². The van der Waals surface area contributed by atoms with Crippen LogP contribution in [-0.2, 0) is 16.6 Å². The van der Waals surface area contributed by atoms with E-state index in [1.807, 2.05) is 30.3 Å². The SMILES string of the molecule is CN(CCC#N)S(=O)(=O)NC1CCc2ccccc21. The van der Waals surface area contributed by atoms with Crippen molar-refractivity contribution in [1.82, 2.24) is 9.03 Å². The van der Waals surface area contributed by atoms with E-state index in [0.29, 0.717) is 0 Å². The van der Waals surface area contributed by atoms with Crippen LogP contribution < -0.4 is 4.72 Å². The third-order valence-corrected chi connectivity index (χ3v) is 4.96. The number of hydrogen-bond acceptors (Lipinski definition) is 3.